The maximum absolute atomic E-state index is 11.7. The number of anilines is 1. The van der Waals surface area contributed by atoms with E-state index in [1.807, 2.05) is 42.5 Å². The normalized spacial score (nSPS) is 15.7. The van der Waals surface area contributed by atoms with Gasteiger partial charge in [0.05, 0.1) is 6.54 Å². The van der Waals surface area contributed by atoms with Gasteiger partial charge in [0.2, 0.25) is 0 Å². The van der Waals surface area contributed by atoms with Crippen LogP contribution in [0.25, 0.3) is 6.08 Å². The molecule has 8 heteroatoms. The lowest BCUT2D eigenvalue weighted by Gasteiger charge is -2.15. The summed E-state index contributed by atoms with van der Waals surface area (Å²) in [4.78, 5) is 27.0. The summed E-state index contributed by atoms with van der Waals surface area (Å²) in [5, 5.41) is 1.97. The minimum atomic E-state index is -0.342. The molecule has 1 saturated heterocycles. The van der Waals surface area contributed by atoms with Crippen molar-refractivity contribution in [3.63, 3.8) is 0 Å². The van der Waals surface area contributed by atoms with Gasteiger partial charge >= 0.3 is 0 Å². The van der Waals surface area contributed by atoms with Gasteiger partial charge in [-0.2, -0.15) is 0 Å². The number of thioether (sulfide) groups is 1. The Kier molecular flexibility index (Phi) is 6.14. The molecular weight excluding hydrogens is 374 g/mol. The summed E-state index contributed by atoms with van der Waals surface area (Å²) in [6.07, 6.45) is 3.44. The standard InChI is InChI=1S/C18H16ClN3O3S/c19-22(16-3-1-2-8-20-16)9-10-25-15-6-4-13(5-7-15)11-14-12-26-18(24)21-17(14)23/h1-8,11H,9-10,12H2,(H,21,23,24)/b14-11+. The fourth-order valence-corrected chi connectivity index (χ4v) is 3.08. The second-order valence-electron chi connectivity index (χ2n) is 5.39. The number of halogens is 1. The van der Waals surface area contributed by atoms with Crippen LogP contribution in [-0.2, 0) is 4.79 Å². The van der Waals surface area contributed by atoms with Crippen molar-refractivity contribution in [3.05, 3.63) is 59.8 Å². The summed E-state index contributed by atoms with van der Waals surface area (Å²) in [5.74, 6) is 1.41. The van der Waals surface area contributed by atoms with E-state index in [2.05, 4.69) is 10.3 Å². The van der Waals surface area contributed by atoms with Gasteiger partial charge in [-0.05, 0) is 35.9 Å². The Morgan fingerprint density at radius 3 is 2.73 bits per heavy atom. The van der Waals surface area contributed by atoms with Crippen molar-refractivity contribution in [1.82, 2.24) is 10.3 Å². The van der Waals surface area contributed by atoms with Gasteiger partial charge in [-0.15, -0.1) is 0 Å². The van der Waals surface area contributed by atoms with Crippen LogP contribution in [0.5, 0.6) is 5.75 Å². The van der Waals surface area contributed by atoms with E-state index >= 15 is 0 Å². The lowest BCUT2D eigenvalue weighted by atomic mass is 10.1. The van der Waals surface area contributed by atoms with E-state index < -0.39 is 0 Å². The fourth-order valence-electron chi connectivity index (χ4n) is 2.24. The first-order valence-electron chi connectivity index (χ1n) is 7.88. The molecule has 0 radical (unpaired) electrons. The van der Waals surface area contributed by atoms with Gasteiger partial charge in [-0.1, -0.05) is 30.0 Å². The van der Waals surface area contributed by atoms with Crippen molar-refractivity contribution in [1.29, 1.82) is 0 Å². The van der Waals surface area contributed by atoms with E-state index in [1.54, 1.807) is 12.3 Å². The summed E-state index contributed by atoms with van der Waals surface area (Å²) < 4.78 is 7.18. The first-order chi connectivity index (χ1) is 12.6. The number of hydrogen-bond donors (Lipinski definition) is 1. The smallest absolute Gasteiger partial charge is 0.286 e. The number of nitrogens with zero attached hydrogens (tertiary/aromatic N) is 2. The second-order valence-corrected chi connectivity index (χ2v) is 6.75. The van der Waals surface area contributed by atoms with Crippen LogP contribution >= 0.6 is 23.5 Å². The molecule has 0 unspecified atom stereocenters. The highest BCUT2D eigenvalue weighted by Crippen LogP contribution is 2.20. The molecule has 1 fully saturated rings. The van der Waals surface area contributed by atoms with Gasteiger partial charge in [0.1, 0.15) is 18.2 Å². The van der Waals surface area contributed by atoms with Crippen LogP contribution in [0, 0.1) is 0 Å². The summed E-state index contributed by atoms with van der Waals surface area (Å²) in [6, 6.07) is 12.9. The van der Waals surface area contributed by atoms with Gasteiger partial charge in [-0.25, -0.2) is 4.98 Å². The van der Waals surface area contributed by atoms with E-state index in [0.29, 0.717) is 36.0 Å². The van der Waals surface area contributed by atoms with Gasteiger partial charge in [0, 0.05) is 29.3 Å². The van der Waals surface area contributed by atoms with Crippen LogP contribution in [0.4, 0.5) is 10.6 Å². The Morgan fingerprint density at radius 2 is 2.04 bits per heavy atom. The third kappa shape index (κ3) is 5.00. The number of carbonyl (C=O) groups is 2. The van der Waals surface area contributed by atoms with Crippen molar-refractivity contribution < 1.29 is 14.3 Å². The van der Waals surface area contributed by atoms with Gasteiger partial charge in [-0.3, -0.25) is 19.3 Å². The minimum Gasteiger partial charge on any atom is -0.492 e. The average Bonchev–Trinajstić information content (AvgIpc) is 2.66. The molecule has 2 amide bonds. The third-order valence-corrected chi connectivity index (χ3v) is 4.70. The van der Waals surface area contributed by atoms with Crippen LogP contribution < -0.4 is 14.5 Å². The number of amides is 2. The summed E-state index contributed by atoms with van der Waals surface area (Å²) >= 11 is 7.23. The molecule has 2 aromatic rings. The summed E-state index contributed by atoms with van der Waals surface area (Å²) in [6.45, 7) is 0.886. The van der Waals surface area contributed by atoms with Crippen molar-refractivity contribution in [3.8, 4) is 5.75 Å². The zero-order chi connectivity index (χ0) is 18.4. The molecule has 1 aliphatic heterocycles. The highest BCUT2D eigenvalue weighted by atomic mass is 35.5. The molecule has 0 aliphatic carbocycles. The molecule has 1 aromatic carbocycles. The number of carbonyl (C=O) groups excluding carboxylic acids is 2. The molecule has 134 valence electrons. The van der Waals surface area contributed by atoms with Gasteiger partial charge in [0.15, 0.2) is 0 Å². The van der Waals surface area contributed by atoms with E-state index in [1.165, 1.54) is 4.42 Å². The summed E-state index contributed by atoms with van der Waals surface area (Å²) in [5.41, 5.74) is 1.43. The first-order valence-corrected chi connectivity index (χ1v) is 9.20. The number of nitrogens with one attached hydrogen (secondary N) is 1. The van der Waals surface area contributed by atoms with E-state index in [4.69, 9.17) is 16.5 Å². The number of rotatable bonds is 6. The number of hydrogen-bond acceptors (Lipinski definition) is 6. The Hall–Kier alpha value is -2.51. The quantitative estimate of drug-likeness (QED) is 0.602. The minimum absolute atomic E-state index is 0.310. The Balaban J connectivity index is 1.52. The molecule has 26 heavy (non-hydrogen) atoms. The average molecular weight is 390 g/mol. The molecule has 1 N–H and O–H groups in total. The topological polar surface area (TPSA) is 71.5 Å². The first kappa shape index (κ1) is 18.3. The van der Waals surface area contributed by atoms with Crippen LogP contribution in [0.15, 0.2) is 54.2 Å². The van der Waals surface area contributed by atoms with Crippen LogP contribution in [0.2, 0.25) is 0 Å². The number of aromatic nitrogens is 1. The van der Waals surface area contributed by atoms with Gasteiger partial charge in [0.25, 0.3) is 11.1 Å². The Bertz CT molecular complexity index is 812. The monoisotopic (exact) mass is 389 g/mol. The molecular formula is C18H16ClN3O3S. The third-order valence-electron chi connectivity index (χ3n) is 3.54. The predicted octanol–water partition coefficient (Wildman–Crippen LogP) is 3.49. The number of ether oxygens (including phenoxy) is 1. The molecule has 0 spiro atoms. The molecule has 1 aromatic heterocycles. The number of benzene rings is 1. The number of pyridine rings is 1. The maximum atomic E-state index is 11.7. The lowest BCUT2D eigenvalue weighted by molar-refractivity contribution is -0.116. The fraction of sp³-hybridized carbons (Fsp3) is 0.167. The van der Waals surface area contributed by atoms with Gasteiger partial charge < -0.3 is 4.74 Å². The molecule has 1 aliphatic rings. The van der Waals surface area contributed by atoms with Crippen LogP contribution in [0.1, 0.15) is 5.56 Å². The lowest BCUT2D eigenvalue weighted by Crippen LogP contribution is -2.33. The van der Waals surface area contributed by atoms with Crippen molar-refractivity contribution >= 4 is 46.6 Å². The highest BCUT2D eigenvalue weighted by Gasteiger charge is 2.20. The van der Waals surface area contributed by atoms with Crippen LogP contribution in [0.3, 0.4) is 0 Å². The Morgan fingerprint density at radius 1 is 1.23 bits per heavy atom. The second kappa shape index (κ2) is 8.73. The maximum Gasteiger partial charge on any atom is 0.286 e. The van der Waals surface area contributed by atoms with Crippen molar-refractivity contribution in [2.24, 2.45) is 0 Å². The van der Waals surface area contributed by atoms with E-state index in [-0.39, 0.29) is 11.1 Å². The van der Waals surface area contributed by atoms with E-state index in [9.17, 15) is 9.59 Å². The molecule has 3 rings (SSSR count). The molecule has 0 atom stereocenters. The van der Waals surface area contributed by atoms with Crippen molar-refractivity contribution in [2.45, 2.75) is 0 Å². The zero-order valence-electron chi connectivity index (χ0n) is 13.7. The predicted molar refractivity (Wildman–Crippen MR) is 103 cm³/mol. The molecule has 0 saturated carbocycles. The summed E-state index contributed by atoms with van der Waals surface area (Å²) in [7, 11) is 0. The largest absolute Gasteiger partial charge is 0.492 e. The molecule has 6 nitrogen and oxygen atoms in total. The zero-order valence-corrected chi connectivity index (χ0v) is 15.3. The SMILES string of the molecule is O=C1NC(=O)/C(=C/c2ccc(OCCN(Cl)c3ccccn3)cc2)CS1. The molecule has 2 heterocycles. The number of imide groups is 1. The highest BCUT2D eigenvalue weighted by molar-refractivity contribution is 8.13. The molecule has 0 bridgehead atoms. The van der Waals surface area contributed by atoms with E-state index in [0.717, 1.165) is 17.3 Å². The Labute approximate surface area is 160 Å². The van der Waals surface area contributed by atoms with Crippen molar-refractivity contribution in [2.75, 3.05) is 23.3 Å². The van der Waals surface area contributed by atoms with Crippen LogP contribution in [-0.4, -0.2) is 35.0 Å².